The molecule has 0 aliphatic carbocycles. The number of ether oxygens (including phenoxy) is 1. The Hall–Kier alpha value is -0.860. The Morgan fingerprint density at radius 3 is 2.50 bits per heavy atom. The van der Waals surface area contributed by atoms with Crippen molar-refractivity contribution in [3.05, 3.63) is 35.9 Å². The number of hydrogen-bond acceptors (Lipinski definition) is 2. The van der Waals surface area contributed by atoms with E-state index in [0.29, 0.717) is 12.5 Å². The predicted molar refractivity (Wildman–Crippen MR) is 48.0 cm³/mol. The Morgan fingerprint density at radius 2 is 1.92 bits per heavy atom. The molecule has 0 spiro atoms. The van der Waals surface area contributed by atoms with Crippen molar-refractivity contribution in [1.82, 2.24) is 0 Å². The van der Waals surface area contributed by atoms with Crippen molar-refractivity contribution in [2.24, 2.45) is 5.73 Å². The van der Waals surface area contributed by atoms with Gasteiger partial charge in [-0.25, -0.2) is 0 Å². The molecule has 1 fully saturated rings. The zero-order valence-corrected chi connectivity index (χ0v) is 6.94. The zero-order valence-electron chi connectivity index (χ0n) is 6.94. The van der Waals surface area contributed by atoms with Crippen LogP contribution in [0.1, 0.15) is 11.5 Å². The smallest absolute Gasteiger partial charge is 0.0624 e. The SMILES string of the molecule is N[C@H]1COC[C@@H]1c1ccccc1. The molecular formula is C10H13NO. The fraction of sp³-hybridized carbons (Fsp3) is 0.400. The number of hydrogen-bond donors (Lipinski definition) is 1. The Labute approximate surface area is 72.3 Å². The van der Waals surface area contributed by atoms with Gasteiger partial charge in [0.15, 0.2) is 0 Å². The first kappa shape index (κ1) is 7.77. The fourth-order valence-electron chi connectivity index (χ4n) is 1.61. The summed E-state index contributed by atoms with van der Waals surface area (Å²) >= 11 is 0. The largest absolute Gasteiger partial charge is 0.379 e. The lowest BCUT2D eigenvalue weighted by molar-refractivity contribution is 0.191. The summed E-state index contributed by atoms with van der Waals surface area (Å²) in [6.45, 7) is 1.46. The molecule has 2 N–H and O–H groups in total. The van der Waals surface area contributed by atoms with Crippen LogP contribution in [0.4, 0.5) is 0 Å². The molecule has 2 nitrogen and oxygen atoms in total. The second-order valence-electron chi connectivity index (χ2n) is 3.22. The van der Waals surface area contributed by atoms with Gasteiger partial charge in [-0.1, -0.05) is 30.3 Å². The minimum absolute atomic E-state index is 0.174. The standard InChI is InChI=1S/C10H13NO/c11-10-7-12-6-9(10)8-4-2-1-3-5-8/h1-5,9-10H,6-7,11H2/t9-,10+/m1/s1. The maximum Gasteiger partial charge on any atom is 0.0624 e. The molecular weight excluding hydrogens is 150 g/mol. The van der Waals surface area contributed by atoms with Gasteiger partial charge in [0.25, 0.3) is 0 Å². The predicted octanol–water partition coefficient (Wildman–Crippen LogP) is 1.13. The molecule has 1 heterocycles. The van der Waals surface area contributed by atoms with Crippen molar-refractivity contribution in [1.29, 1.82) is 0 Å². The molecule has 2 heteroatoms. The lowest BCUT2D eigenvalue weighted by Gasteiger charge is -2.12. The molecule has 1 aromatic carbocycles. The van der Waals surface area contributed by atoms with Gasteiger partial charge in [0.05, 0.1) is 13.2 Å². The van der Waals surface area contributed by atoms with Gasteiger partial charge in [-0.15, -0.1) is 0 Å². The number of nitrogens with two attached hydrogens (primary N) is 1. The van der Waals surface area contributed by atoms with Crippen LogP contribution < -0.4 is 5.73 Å². The monoisotopic (exact) mass is 163 g/mol. The van der Waals surface area contributed by atoms with Gasteiger partial charge in [-0.2, -0.15) is 0 Å². The third-order valence-corrected chi connectivity index (χ3v) is 2.35. The molecule has 0 unspecified atom stereocenters. The lowest BCUT2D eigenvalue weighted by Crippen LogP contribution is -2.26. The van der Waals surface area contributed by atoms with Gasteiger partial charge in [0, 0.05) is 12.0 Å². The third-order valence-electron chi connectivity index (χ3n) is 2.35. The summed E-state index contributed by atoms with van der Waals surface area (Å²) < 4.78 is 5.30. The molecule has 64 valence electrons. The van der Waals surface area contributed by atoms with E-state index in [9.17, 15) is 0 Å². The van der Waals surface area contributed by atoms with Crippen molar-refractivity contribution in [3.63, 3.8) is 0 Å². The molecule has 2 rings (SSSR count). The highest BCUT2D eigenvalue weighted by molar-refractivity contribution is 5.22. The molecule has 1 aliphatic heterocycles. The van der Waals surface area contributed by atoms with E-state index >= 15 is 0 Å². The quantitative estimate of drug-likeness (QED) is 0.673. The molecule has 0 amide bonds. The second-order valence-corrected chi connectivity index (χ2v) is 3.22. The van der Waals surface area contributed by atoms with Gasteiger partial charge in [0.2, 0.25) is 0 Å². The Balaban J connectivity index is 2.19. The van der Waals surface area contributed by atoms with Crippen LogP contribution in [0.2, 0.25) is 0 Å². The van der Waals surface area contributed by atoms with E-state index < -0.39 is 0 Å². The number of benzene rings is 1. The van der Waals surface area contributed by atoms with E-state index in [2.05, 4.69) is 12.1 Å². The summed E-state index contributed by atoms with van der Waals surface area (Å²) in [7, 11) is 0. The second kappa shape index (κ2) is 3.25. The minimum atomic E-state index is 0.174. The first-order chi connectivity index (χ1) is 5.88. The Morgan fingerprint density at radius 1 is 1.17 bits per heavy atom. The molecule has 12 heavy (non-hydrogen) atoms. The Bertz CT molecular complexity index is 247. The zero-order chi connectivity index (χ0) is 8.39. The maximum atomic E-state index is 5.89. The maximum absolute atomic E-state index is 5.89. The normalized spacial score (nSPS) is 29.1. The molecule has 0 saturated carbocycles. The summed E-state index contributed by atoms with van der Waals surface area (Å²) in [5.41, 5.74) is 7.18. The van der Waals surface area contributed by atoms with Crippen LogP contribution in [-0.2, 0) is 4.74 Å². The molecule has 1 aromatic rings. The summed E-state index contributed by atoms with van der Waals surface area (Å²) in [4.78, 5) is 0. The molecule has 0 aromatic heterocycles. The molecule has 2 atom stereocenters. The summed E-state index contributed by atoms with van der Waals surface area (Å²) in [6, 6.07) is 10.5. The molecule has 1 saturated heterocycles. The van der Waals surface area contributed by atoms with E-state index in [1.807, 2.05) is 18.2 Å². The van der Waals surface area contributed by atoms with Crippen molar-refractivity contribution in [2.75, 3.05) is 13.2 Å². The third kappa shape index (κ3) is 1.36. The van der Waals surface area contributed by atoms with Crippen molar-refractivity contribution in [2.45, 2.75) is 12.0 Å². The van der Waals surface area contributed by atoms with Crippen LogP contribution in [-0.4, -0.2) is 19.3 Å². The van der Waals surface area contributed by atoms with Gasteiger partial charge < -0.3 is 10.5 Å². The summed E-state index contributed by atoms with van der Waals surface area (Å²) in [6.07, 6.45) is 0. The highest BCUT2D eigenvalue weighted by Gasteiger charge is 2.25. The lowest BCUT2D eigenvalue weighted by atomic mass is 9.95. The van der Waals surface area contributed by atoms with E-state index in [0.717, 1.165) is 6.61 Å². The highest BCUT2D eigenvalue weighted by atomic mass is 16.5. The molecule has 0 bridgehead atoms. The molecule has 1 aliphatic rings. The van der Waals surface area contributed by atoms with Gasteiger partial charge in [0.1, 0.15) is 0 Å². The topological polar surface area (TPSA) is 35.2 Å². The van der Waals surface area contributed by atoms with Gasteiger partial charge in [-0.3, -0.25) is 0 Å². The number of rotatable bonds is 1. The summed E-state index contributed by atoms with van der Waals surface area (Å²) in [5.74, 6) is 0.395. The van der Waals surface area contributed by atoms with Crippen molar-refractivity contribution in [3.8, 4) is 0 Å². The van der Waals surface area contributed by atoms with Crippen LogP contribution >= 0.6 is 0 Å². The van der Waals surface area contributed by atoms with E-state index in [1.54, 1.807) is 0 Å². The van der Waals surface area contributed by atoms with Crippen LogP contribution in [0.5, 0.6) is 0 Å². The van der Waals surface area contributed by atoms with Crippen LogP contribution in [0.25, 0.3) is 0 Å². The fourth-order valence-corrected chi connectivity index (χ4v) is 1.61. The van der Waals surface area contributed by atoms with Crippen LogP contribution in [0.3, 0.4) is 0 Å². The van der Waals surface area contributed by atoms with Crippen molar-refractivity contribution >= 4 is 0 Å². The summed E-state index contributed by atoms with van der Waals surface area (Å²) in [5, 5.41) is 0. The average Bonchev–Trinajstić information content (AvgIpc) is 2.53. The average molecular weight is 163 g/mol. The van der Waals surface area contributed by atoms with E-state index in [-0.39, 0.29) is 6.04 Å². The van der Waals surface area contributed by atoms with Gasteiger partial charge >= 0.3 is 0 Å². The Kier molecular flexibility index (Phi) is 2.11. The van der Waals surface area contributed by atoms with E-state index in [4.69, 9.17) is 10.5 Å². The minimum Gasteiger partial charge on any atom is -0.379 e. The molecule has 0 radical (unpaired) electrons. The first-order valence-corrected chi connectivity index (χ1v) is 4.26. The highest BCUT2D eigenvalue weighted by Crippen LogP contribution is 2.23. The van der Waals surface area contributed by atoms with Crippen LogP contribution in [0, 0.1) is 0 Å². The first-order valence-electron chi connectivity index (χ1n) is 4.26. The van der Waals surface area contributed by atoms with Gasteiger partial charge in [-0.05, 0) is 5.56 Å². The van der Waals surface area contributed by atoms with Crippen LogP contribution in [0.15, 0.2) is 30.3 Å². The van der Waals surface area contributed by atoms with Crippen molar-refractivity contribution < 1.29 is 4.74 Å². The van der Waals surface area contributed by atoms with E-state index in [1.165, 1.54) is 5.56 Å².